The number of amides is 1. The third kappa shape index (κ3) is 3.85. The minimum Gasteiger partial charge on any atom is -0.497 e. The molecule has 0 fully saturated rings. The molecule has 1 heterocycles. The van der Waals surface area contributed by atoms with Gasteiger partial charge in [-0.1, -0.05) is 0 Å². The van der Waals surface area contributed by atoms with Crippen LogP contribution in [0.25, 0.3) is 5.69 Å². The van der Waals surface area contributed by atoms with Crippen LogP contribution < -0.4 is 4.74 Å². The summed E-state index contributed by atoms with van der Waals surface area (Å²) in [5.41, 5.74) is 1.30. The molecule has 1 aromatic heterocycles. The molecule has 0 unspecified atom stereocenters. The van der Waals surface area contributed by atoms with Gasteiger partial charge in [0.05, 0.1) is 12.8 Å². The minimum atomic E-state index is -0.0941. The van der Waals surface area contributed by atoms with Gasteiger partial charge in [-0.3, -0.25) is 4.79 Å². The van der Waals surface area contributed by atoms with Gasteiger partial charge in [-0.2, -0.15) is 5.10 Å². The summed E-state index contributed by atoms with van der Waals surface area (Å²) in [5, 5.41) is 4.34. The number of carbonyl (C=O) groups is 1. The number of methoxy groups -OCH3 is 2. The quantitative estimate of drug-likeness (QED) is 0.734. The van der Waals surface area contributed by atoms with E-state index in [1.54, 1.807) is 43.1 Å². The van der Waals surface area contributed by atoms with Gasteiger partial charge in [0.1, 0.15) is 5.75 Å². The molecule has 1 amide bonds. The highest BCUT2D eigenvalue weighted by Crippen LogP contribution is 2.14. The Labute approximate surface area is 130 Å². The Bertz CT molecular complexity index is 607. The van der Waals surface area contributed by atoms with E-state index in [4.69, 9.17) is 9.47 Å². The first-order valence-corrected chi connectivity index (χ1v) is 7.10. The zero-order chi connectivity index (χ0) is 15.9. The summed E-state index contributed by atoms with van der Waals surface area (Å²) in [6.07, 6.45) is 2.58. The Kier molecular flexibility index (Phi) is 5.55. The van der Waals surface area contributed by atoms with Crippen LogP contribution in [-0.2, 0) is 4.74 Å². The van der Waals surface area contributed by atoms with Crippen molar-refractivity contribution < 1.29 is 14.3 Å². The zero-order valence-corrected chi connectivity index (χ0v) is 13.2. The fraction of sp³-hybridized carbons (Fsp3) is 0.375. The summed E-state index contributed by atoms with van der Waals surface area (Å²) < 4.78 is 11.8. The fourth-order valence-corrected chi connectivity index (χ4v) is 2.06. The van der Waals surface area contributed by atoms with Gasteiger partial charge in [0.15, 0.2) is 5.69 Å². The summed E-state index contributed by atoms with van der Waals surface area (Å²) in [4.78, 5) is 13.9. The average molecular weight is 303 g/mol. The predicted molar refractivity (Wildman–Crippen MR) is 83.6 cm³/mol. The molecule has 0 bridgehead atoms. The lowest BCUT2D eigenvalue weighted by molar-refractivity contribution is 0.0773. The molecule has 0 aliphatic heterocycles. The van der Waals surface area contributed by atoms with Crippen LogP contribution in [-0.4, -0.2) is 55.0 Å². The van der Waals surface area contributed by atoms with Crippen LogP contribution in [0.1, 0.15) is 16.9 Å². The van der Waals surface area contributed by atoms with Crippen molar-refractivity contribution in [1.29, 1.82) is 0 Å². The summed E-state index contributed by atoms with van der Waals surface area (Å²) in [6.45, 7) is 1.28. The van der Waals surface area contributed by atoms with E-state index >= 15 is 0 Å². The van der Waals surface area contributed by atoms with Crippen molar-refractivity contribution >= 4 is 5.91 Å². The Balaban J connectivity index is 2.05. The third-order valence-corrected chi connectivity index (χ3v) is 3.33. The molecular formula is C16H21N3O3. The summed E-state index contributed by atoms with van der Waals surface area (Å²) in [6, 6.07) is 9.22. The molecule has 22 heavy (non-hydrogen) atoms. The number of nitrogens with zero attached hydrogens (tertiary/aromatic N) is 3. The highest BCUT2D eigenvalue weighted by atomic mass is 16.5. The fourth-order valence-electron chi connectivity index (χ4n) is 2.06. The molecule has 118 valence electrons. The molecule has 6 heteroatoms. The van der Waals surface area contributed by atoms with Crippen molar-refractivity contribution in [2.24, 2.45) is 0 Å². The molecule has 2 aromatic rings. The number of hydrogen-bond acceptors (Lipinski definition) is 4. The minimum absolute atomic E-state index is 0.0941. The Morgan fingerprint density at radius 1 is 1.23 bits per heavy atom. The van der Waals surface area contributed by atoms with Crippen molar-refractivity contribution in [2.75, 3.05) is 34.4 Å². The molecular weight excluding hydrogens is 282 g/mol. The van der Waals surface area contributed by atoms with E-state index in [1.165, 1.54) is 0 Å². The van der Waals surface area contributed by atoms with Crippen molar-refractivity contribution in [1.82, 2.24) is 14.7 Å². The number of ether oxygens (including phenoxy) is 2. The predicted octanol–water partition coefficient (Wildman–Crippen LogP) is 1.99. The molecule has 0 saturated carbocycles. The summed E-state index contributed by atoms with van der Waals surface area (Å²) >= 11 is 0. The number of rotatable bonds is 7. The molecule has 0 aliphatic rings. The van der Waals surface area contributed by atoms with Crippen molar-refractivity contribution in [2.45, 2.75) is 6.42 Å². The number of benzene rings is 1. The molecule has 0 spiro atoms. The van der Waals surface area contributed by atoms with Crippen molar-refractivity contribution in [3.63, 3.8) is 0 Å². The summed E-state index contributed by atoms with van der Waals surface area (Å²) in [5.74, 6) is 0.688. The molecule has 0 aliphatic carbocycles. The first-order valence-electron chi connectivity index (χ1n) is 7.10. The molecule has 1 aromatic carbocycles. The van der Waals surface area contributed by atoms with Gasteiger partial charge in [0.2, 0.25) is 0 Å². The Hall–Kier alpha value is -2.34. The molecule has 0 atom stereocenters. The van der Waals surface area contributed by atoms with Crippen LogP contribution in [0.4, 0.5) is 0 Å². The molecule has 0 radical (unpaired) electrons. The highest BCUT2D eigenvalue weighted by Gasteiger charge is 2.14. The van der Waals surface area contributed by atoms with E-state index in [-0.39, 0.29) is 5.91 Å². The Morgan fingerprint density at radius 3 is 2.59 bits per heavy atom. The lowest BCUT2D eigenvalue weighted by Crippen LogP contribution is -2.28. The second-order valence-corrected chi connectivity index (χ2v) is 4.92. The number of hydrogen-bond donors (Lipinski definition) is 0. The topological polar surface area (TPSA) is 56.6 Å². The van der Waals surface area contributed by atoms with Crippen LogP contribution in [0.5, 0.6) is 5.75 Å². The molecule has 0 N–H and O–H groups in total. The van der Waals surface area contributed by atoms with E-state index in [2.05, 4.69) is 5.10 Å². The molecule has 2 rings (SSSR count). The van der Waals surface area contributed by atoms with Gasteiger partial charge < -0.3 is 14.4 Å². The molecule has 6 nitrogen and oxygen atoms in total. The van der Waals surface area contributed by atoms with Crippen molar-refractivity contribution in [3.8, 4) is 11.4 Å². The second kappa shape index (κ2) is 7.61. The maximum atomic E-state index is 12.3. The second-order valence-electron chi connectivity index (χ2n) is 4.92. The number of carbonyl (C=O) groups excluding carboxylic acids is 1. The standard InChI is InChI=1S/C16H21N3O3/c1-18(10-4-12-21-2)16(20)15-9-11-19(17-15)13-5-7-14(22-3)8-6-13/h5-9,11H,4,10,12H2,1-3H3. The SMILES string of the molecule is COCCCN(C)C(=O)c1ccn(-c2ccc(OC)cc2)n1. The lowest BCUT2D eigenvalue weighted by Gasteiger charge is -2.15. The molecule has 0 saturated heterocycles. The maximum Gasteiger partial charge on any atom is 0.274 e. The Morgan fingerprint density at radius 2 is 1.95 bits per heavy atom. The lowest BCUT2D eigenvalue weighted by atomic mass is 10.3. The largest absolute Gasteiger partial charge is 0.497 e. The van der Waals surface area contributed by atoms with Crippen molar-refractivity contribution in [3.05, 3.63) is 42.2 Å². The van der Waals surface area contributed by atoms with Gasteiger partial charge in [-0.05, 0) is 36.8 Å². The highest BCUT2D eigenvalue weighted by molar-refractivity contribution is 5.92. The van der Waals surface area contributed by atoms with Gasteiger partial charge >= 0.3 is 0 Å². The van der Waals surface area contributed by atoms with Gasteiger partial charge in [0.25, 0.3) is 5.91 Å². The number of aromatic nitrogens is 2. The van der Waals surface area contributed by atoms with Crippen LogP contribution >= 0.6 is 0 Å². The van der Waals surface area contributed by atoms with E-state index in [0.717, 1.165) is 17.9 Å². The van der Waals surface area contributed by atoms with E-state index in [0.29, 0.717) is 18.8 Å². The van der Waals surface area contributed by atoms with Crippen LogP contribution in [0.3, 0.4) is 0 Å². The first kappa shape index (κ1) is 16.0. The van der Waals surface area contributed by atoms with Gasteiger partial charge in [-0.15, -0.1) is 0 Å². The maximum absolute atomic E-state index is 12.3. The van der Waals surface area contributed by atoms with E-state index < -0.39 is 0 Å². The van der Waals surface area contributed by atoms with Crippen LogP contribution in [0.15, 0.2) is 36.5 Å². The summed E-state index contributed by atoms with van der Waals surface area (Å²) in [7, 11) is 5.04. The van der Waals surface area contributed by atoms with Gasteiger partial charge in [0, 0.05) is 33.5 Å². The monoisotopic (exact) mass is 303 g/mol. The zero-order valence-electron chi connectivity index (χ0n) is 13.2. The van der Waals surface area contributed by atoms with E-state index in [1.807, 2.05) is 24.3 Å². The van der Waals surface area contributed by atoms with Crippen LogP contribution in [0, 0.1) is 0 Å². The van der Waals surface area contributed by atoms with Crippen LogP contribution in [0.2, 0.25) is 0 Å². The first-order chi connectivity index (χ1) is 10.7. The third-order valence-electron chi connectivity index (χ3n) is 3.33. The average Bonchev–Trinajstić information content (AvgIpc) is 3.04. The van der Waals surface area contributed by atoms with E-state index in [9.17, 15) is 4.79 Å². The normalized spacial score (nSPS) is 10.5. The smallest absolute Gasteiger partial charge is 0.274 e. The van der Waals surface area contributed by atoms with Gasteiger partial charge in [-0.25, -0.2) is 4.68 Å².